The normalized spacial score (nSPS) is 10.7. The molecular weight excluding hydrogens is 473 g/mol. The van der Waals surface area contributed by atoms with Crippen LogP contribution in [0.15, 0.2) is 67.0 Å². The van der Waals surface area contributed by atoms with Gasteiger partial charge >= 0.3 is 0 Å². The second-order valence-corrected chi connectivity index (χ2v) is 7.97. The molecule has 0 spiro atoms. The number of methoxy groups -OCH3 is 2. The maximum Gasteiger partial charge on any atom is 0.181 e. The Morgan fingerprint density at radius 1 is 0.971 bits per heavy atom. The number of hydrogen-bond acceptors (Lipinski definition) is 6. The van der Waals surface area contributed by atoms with Crippen molar-refractivity contribution in [3.63, 3.8) is 0 Å². The van der Waals surface area contributed by atoms with Crippen LogP contribution in [-0.4, -0.2) is 40.6 Å². The molecule has 2 aromatic carbocycles. The number of hydrogen-bond donors (Lipinski definition) is 0. The number of carbonyl (C=O) groups excluding carboxylic acids is 2. The van der Waals surface area contributed by atoms with Gasteiger partial charge in [0.15, 0.2) is 11.6 Å². The van der Waals surface area contributed by atoms with Gasteiger partial charge in [-0.1, -0.05) is 11.6 Å². The first-order chi connectivity index (χ1) is 16.9. The van der Waals surface area contributed by atoms with E-state index in [1.807, 2.05) is 0 Å². The van der Waals surface area contributed by atoms with Crippen molar-refractivity contribution >= 4 is 23.2 Å². The number of pyridine rings is 1. The van der Waals surface area contributed by atoms with Gasteiger partial charge in [-0.2, -0.15) is 5.10 Å². The summed E-state index contributed by atoms with van der Waals surface area (Å²) in [4.78, 5) is 30.0. The molecule has 0 bridgehead atoms. The Balaban J connectivity index is 1.50. The maximum absolute atomic E-state index is 13.6. The highest BCUT2D eigenvalue weighted by Gasteiger charge is 2.18. The van der Waals surface area contributed by atoms with E-state index in [0.29, 0.717) is 34.0 Å². The summed E-state index contributed by atoms with van der Waals surface area (Å²) in [5.74, 6) is -0.178. The van der Waals surface area contributed by atoms with E-state index >= 15 is 0 Å². The van der Waals surface area contributed by atoms with Crippen molar-refractivity contribution in [1.82, 2.24) is 14.8 Å². The summed E-state index contributed by atoms with van der Waals surface area (Å²) in [5, 5.41) is 4.11. The van der Waals surface area contributed by atoms with Crippen molar-refractivity contribution in [3.8, 4) is 28.4 Å². The van der Waals surface area contributed by atoms with Gasteiger partial charge in [0.05, 0.1) is 19.2 Å². The van der Waals surface area contributed by atoms with Gasteiger partial charge in [0.1, 0.15) is 34.4 Å². The Bertz CT molecular complexity index is 1390. The van der Waals surface area contributed by atoms with Gasteiger partial charge in [-0.25, -0.2) is 14.1 Å². The summed E-state index contributed by atoms with van der Waals surface area (Å²) in [7, 11) is 2.99. The van der Waals surface area contributed by atoms with Gasteiger partial charge in [-0.3, -0.25) is 9.59 Å². The molecule has 2 aromatic heterocycles. The number of halogens is 2. The van der Waals surface area contributed by atoms with Crippen LogP contribution in [0.25, 0.3) is 16.9 Å². The predicted octanol–water partition coefficient (Wildman–Crippen LogP) is 5.59. The van der Waals surface area contributed by atoms with Crippen LogP contribution in [0.4, 0.5) is 4.39 Å². The van der Waals surface area contributed by atoms with Crippen molar-refractivity contribution in [1.29, 1.82) is 0 Å². The van der Waals surface area contributed by atoms with Gasteiger partial charge < -0.3 is 9.47 Å². The molecule has 0 radical (unpaired) electrons. The summed E-state index contributed by atoms with van der Waals surface area (Å²) in [6.45, 7) is 0. The SMILES string of the molecule is COc1cc(C(=O)CCC(=O)c2ccc(OC)c(-c3ccc(F)c(Cl)c3)n2)ccc1-n1cccn1. The lowest BCUT2D eigenvalue weighted by Crippen LogP contribution is -2.08. The molecule has 7 nitrogen and oxygen atoms in total. The first-order valence-corrected chi connectivity index (χ1v) is 11.0. The van der Waals surface area contributed by atoms with Crippen LogP contribution in [0.2, 0.25) is 5.02 Å². The molecule has 0 aliphatic rings. The summed E-state index contributed by atoms with van der Waals surface area (Å²) in [6.07, 6.45) is 3.38. The zero-order valence-electron chi connectivity index (χ0n) is 19.0. The first kappa shape index (κ1) is 24.1. The Morgan fingerprint density at radius 2 is 1.74 bits per heavy atom. The van der Waals surface area contributed by atoms with E-state index < -0.39 is 5.82 Å². The van der Waals surface area contributed by atoms with Crippen LogP contribution in [0.3, 0.4) is 0 Å². The molecular formula is C26H21ClFN3O4. The molecule has 0 saturated heterocycles. The first-order valence-electron chi connectivity index (χ1n) is 10.7. The fourth-order valence-corrected chi connectivity index (χ4v) is 3.75. The number of benzene rings is 2. The lowest BCUT2D eigenvalue weighted by molar-refractivity contribution is 0.0915. The van der Waals surface area contributed by atoms with E-state index in [0.717, 1.165) is 0 Å². The van der Waals surface area contributed by atoms with E-state index in [-0.39, 0.29) is 35.1 Å². The number of Topliss-reactive ketones (excluding diaryl/α,β-unsaturated/α-hetero) is 2. The maximum atomic E-state index is 13.6. The highest BCUT2D eigenvalue weighted by Crippen LogP contribution is 2.31. The van der Waals surface area contributed by atoms with Gasteiger partial charge in [-0.15, -0.1) is 0 Å². The molecule has 0 atom stereocenters. The van der Waals surface area contributed by atoms with Crippen molar-refractivity contribution in [2.24, 2.45) is 0 Å². The molecule has 2 heterocycles. The molecule has 4 rings (SSSR count). The van der Waals surface area contributed by atoms with Crippen molar-refractivity contribution < 1.29 is 23.5 Å². The second kappa shape index (κ2) is 10.5. The third-order valence-corrected chi connectivity index (χ3v) is 5.68. The molecule has 0 aliphatic heterocycles. The topological polar surface area (TPSA) is 83.3 Å². The lowest BCUT2D eigenvalue weighted by Gasteiger charge is -2.11. The van der Waals surface area contributed by atoms with E-state index in [1.54, 1.807) is 47.4 Å². The summed E-state index contributed by atoms with van der Waals surface area (Å²) in [6, 6.07) is 14.1. The molecule has 4 aromatic rings. The minimum absolute atomic E-state index is 0.00543. The Hall–Kier alpha value is -4.04. The smallest absolute Gasteiger partial charge is 0.181 e. The standard InChI is InChI=1S/C26H21ClFN3O4/c1-34-24-11-7-20(30-26(24)17-4-6-19(28)18(27)14-17)23(33)10-9-22(32)16-5-8-21(25(15-16)35-2)31-13-3-12-29-31/h3-8,11-15H,9-10H2,1-2H3. The van der Waals surface area contributed by atoms with Crippen LogP contribution >= 0.6 is 11.6 Å². The minimum Gasteiger partial charge on any atom is -0.494 e. The molecule has 9 heteroatoms. The summed E-state index contributed by atoms with van der Waals surface area (Å²) >= 11 is 5.90. The number of nitrogens with zero attached hydrogens (tertiary/aromatic N) is 3. The van der Waals surface area contributed by atoms with Crippen LogP contribution in [-0.2, 0) is 0 Å². The highest BCUT2D eigenvalue weighted by molar-refractivity contribution is 6.31. The lowest BCUT2D eigenvalue weighted by atomic mass is 10.0. The van der Waals surface area contributed by atoms with Gasteiger partial charge in [0, 0.05) is 36.4 Å². The average molecular weight is 494 g/mol. The molecule has 0 amide bonds. The zero-order valence-corrected chi connectivity index (χ0v) is 19.8. The molecule has 0 unspecified atom stereocenters. The molecule has 178 valence electrons. The van der Waals surface area contributed by atoms with Crippen LogP contribution in [0, 0.1) is 5.82 Å². The zero-order chi connectivity index (χ0) is 24.9. The van der Waals surface area contributed by atoms with Gasteiger partial charge in [-0.05, 0) is 54.6 Å². The Kier molecular flexibility index (Phi) is 7.22. The molecule has 0 saturated carbocycles. The second-order valence-electron chi connectivity index (χ2n) is 7.56. The summed E-state index contributed by atoms with van der Waals surface area (Å²) < 4.78 is 26.0. The molecule has 0 N–H and O–H groups in total. The summed E-state index contributed by atoms with van der Waals surface area (Å²) in [5.41, 5.74) is 2.14. The van der Waals surface area contributed by atoms with Crippen LogP contribution in [0.1, 0.15) is 33.7 Å². The quantitative estimate of drug-likeness (QED) is 0.283. The van der Waals surface area contributed by atoms with Crippen molar-refractivity contribution in [2.75, 3.05) is 14.2 Å². The molecule has 0 aliphatic carbocycles. The van der Waals surface area contributed by atoms with E-state index in [2.05, 4.69) is 10.1 Å². The van der Waals surface area contributed by atoms with Gasteiger partial charge in [0.25, 0.3) is 0 Å². The predicted molar refractivity (Wildman–Crippen MR) is 129 cm³/mol. The number of ether oxygens (including phenoxy) is 2. The Labute approximate surface area is 206 Å². The van der Waals surface area contributed by atoms with Crippen LogP contribution < -0.4 is 9.47 Å². The number of aromatic nitrogens is 3. The largest absolute Gasteiger partial charge is 0.494 e. The third-order valence-electron chi connectivity index (χ3n) is 5.39. The third kappa shape index (κ3) is 5.22. The fourth-order valence-electron chi connectivity index (χ4n) is 3.57. The van der Waals surface area contributed by atoms with E-state index in [1.165, 1.54) is 38.5 Å². The number of ketones is 2. The van der Waals surface area contributed by atoms with E-state index in [4.69, 9.17) is 21.1 Å². The minimum atomic E-state index is -0.561. The number of carbonyl (C=O) groups is 2. The van der Waals surface area contributed by atoms with Crippen molar-refractivity contribution in [2.45, 2.75) is 12.8 Å². The van der Waals surface area contributed by atoms with E-state index in [9.17, 15) is 14.0 Å². The highest BCUT2D eigenvalue weighted by atomic mass is 35.5. The fraction of sp³-hybridized carbons (Fsp3) is 0.154. The monoisotopic (exact) mass is 493 g/mol. The van der Waals surface area contributed by atoms with Gasteiger partial charge in [0.2, 0.25) is 0 Å². The average Bonchev–Trinajstić information content (AvgIpc) is 3.42. The van der Waals surface area contributed by atoms with Crippen LogP contribution in [0.5, 0.6) is 11.5 Å². The Morgan fingerprint density at radius 3 is 2.43 bits per heavy atom. The van der Waals surface area contributed by atoms with Crippen molar-refractivity contribution in [3.05, 3.63) is 89.1 Å². The molecule has 35 heavy (non-hydrogen) atoms. The number of rotatable bonds is 9. The molecule has 0 fully saturated rings.